The highest BCUT2D eigenvalue weighted by Gasteiger charge is 2.09. The number of rotatable bonds is 5. The molecule has 7 nitrogen and oxygen atoms in total. The predicted octanol–water partition coefficient (Wildman–Crippen LogP) is 1.32. The largest absolute Gasteiger partial charge is 0.323 e. The predicted molar refractivity (Wildman–Crippen MR) is 79.9 cm³/mol. The van der Waals surface area contributed by atoms with Crippen LogP contribution in [-0.4, -0.2) is 24.7 Å². The SMILES string of the molecule is CCn1cnnc1CNC(C)c1ccc2[nH]c(=O)[nH]c2c1. The van der Waals surface area contributed by atoms with Gasteiger partial charge in [0.25, 0.3) is 0 Å². The van der Waals surface area contributed by atoms with Crippen molar-refractivity contribution in [1.29, 1.82) is 0 Å². The van der Waals surface area contributed by atoms with Crippen LogP contribution in [0, 0.1) is 0 Å². The fraction of sp³-hybridized carbons (Fsp3) is 0.357. The third-order valence-electron chi connectivity index (χ3n) is 3.64. The van der Waals surface area contributed by atoms with Crippen LogP contribution in [0.25, 0.3) is 11.0 Å². The van der Waals surface area contributed by atoms with Crippen molar-refractivity contribution in [2.24, 2.45) is 0 Å². The van der Waals surface area contributed by atoms with Crippen LogP contribution in [0.3, 0.4) is 0 Å². The maximum Gasteiger partial charge on any atom is 0.323 e. The number of aryl methyl sites for hydroxylation is 1. The zero-order valence-electron chi connectivity index (χ0n) is 12.1. The summed E-state index contributed by atoms with van der Waals surface area (Å²) in [5.74, 6) is 0.917. The molecule has 0 saturated carbocycles. The number of aromatic nitrogens is 5. The molecule has 2 aromatic heterocycles. The van der Waals surface area contributed by atoms with Crippen molar-refractivity contribution in [3.05, 3.63) is 46.4 Å². The molecule has 0 aliphatic heterocycles. The van der Waals surface area contributed by atoms with Gasteiger partial charge >= 0.3 is 5.69 Å². The number of hydrogen-bond acceptors (Lipinski definition) is 4. The van der Waals surface area contributed by atoms with E-state index in [2.05, 4.69) is 39.3 Å². The van der Waals surface area contributed by atoms with E-state index in [0.29, 0.717) is 6.54 Å². The zero-order valence-corrected chi connectivity index (χ0v) is 12.1. The number of aromatic amines is 2. The molecular weight excluding hydrogens is 268 g/mol. The van der Waals surface area contributed by atoms with Crippen molar-refractivity contribution < 1.29 is 0 Å². The molecule has 0 fully saturated rings. The van der Waals surface area contributed by atoms with Gasteiger partial charge in [-0.2, -0.15) is 0 Å². The van der Waals surface area contributed by atoms with Crippen molar-refractivity contribution in [2.45, 2.75) is 33.0 Å². The lowest BCUT2D eigenvalue weighted by molar-refractivity contribution is 0.540. The smallest absolute Gasteiger partial charge is 0.317 e. The first-order chi connectivity index (χ1) is 10.2. The summed E-state index contributed by atoms with van der Waals surface area (Å²) in [5, 5.41) is 11.4. The first-order valence-corrected chi connectivity index (χ1v) is 6.99. The summed E-state index contributed by atoms with van der Waals surface area (Å²) in [6.07, 6.45) is 1.73. The minimum absolute atomic E-state index is 0.148. The Morgan fingerprint density at radius 2 is 2.14 bits per heavy atom. The van der Waals surface area contributed by atoms with Gasteiger partial charge in [-0.05, 0) is 31.5 Å². The summed E-state index contributed by atoms with van der Waals surface area (Å²) < 4.78 is 2.01. The lowest BCUT2D eigenvalue weighted by Gasteiger charge is -2.14. The molecule has 3 rings (SSSR count). The molecule has 0 amide bonds. The van der Waals surface area contributed by atoms with Crippen molar-refractivity contribution >= 4 is 11.0 Å². The van der Waals surface area contributed by atoms with Crippen LogP contribution in [0.5, 0.6) is 0 Å². The summed E-state index contributed by atoms with van der Waals surface area (Å²) in [4.78, 5) is 16.8. The standard InChI is InChI=1S/C14H18N6O/c1-3-20-8-16-19-13(20)7-15-9(2)10-4-5-11-12(6-10)18-14(21)17-11/h4-6,8-9,15H,3,7H2,1-2H3,(H2,17,18,21). The van der Waals surface area contributed by atoms with Crippen LogP contribution in [0.2, 0.25) is 0 Å². The molecule has 0 saturated heterocycles. The molecule has 0 aliphatic carbocycles. The Morgan fingerprint density at radius 1 is 1.33 bits per heavy atom. The molecule has 1 unspecified atom stereocenters. The number of imidazole rings is 1. The molecule has 0 spiro atoms. The van der Waals surface area contributed by atoms with Gasteiger partial charge in [0.1, 0.15) is 12.2 Å². The minimum atomic E-state index is -0.182. The molecule has 21 heavy (non-hydrogen) atoms. The monoisotopic (exact) mass is 286 g/mol. The van der Waals surface area contributed by atoms with E-state index in [1.54, 1.807) is 6.33 Å². The molecule has 2 heterocycles. The normalized spacial score (nSPS) is 12.9. The molecule has 1 aromatic carbocycles. The molecule has 7 heteroatoms. The summed E-state index contributed by atoms with van der Waals surface area (Å²) in [6, 6.07) is 6.05. The second kappa shape index (κ2) is 5.53. The Morgan fingerprint density at radius 3 is 2.95 bits per heavy atom. The quantitative estimate of drug-likeness (QED) is 0.659. The topological polar surface area (TPSA) is 91.4 Å². The van der Waals surface area contributed by atoms with Gasteiger partial charge < -0.3 is 19.9 Å². The van der Waals surface area contributed by atoms with Gasteiger partial charge in [0.05, 0.1) is 17.6 Å². The zero-order chi connectivity index (χ0) is 14.8. The van der Waals surface area contributed by atoms with Gasteiger partial charge in [-0.25, -0.2) is 4.79 Å². The fourth-order valence-corrected chi connectivity index (χ4v) is 2.36. The van der Waals surface area contributed by atoms with E-state index in [9.17, 15) is 4.79 Å². The Kier molecular flexibility index (Phi) is 3.57. The molecular formula is C14H18N6O. The second-order valence-corrected chi connectivity index (χ2v) is 5.02. The lowest BCUT2D eigenvalue weighted by Crippen LogP contribution is -2.20. The number of nitrogens with zero attached hydrogens (tertiary/aromatic N) is 3. The van der Waals surface area contributed by atoms with Gasteiger partial charge in [-0.15, -0.1) is 10.2 Å². The van der Waals surface area contributed by atoms with E-state index >= 15 is 0 Å². The van der Waals surface area contributed by atoms with E-state index < -0.39 is 0 Å². The minimum Gasteiger partial charge on any atom is -0.317 e. The highest BCUT2D eigenvalue weighted by molar-refractivity contribution is 5.75. The Bertz CT molecular complexity index is 799. The van der Waals surface area contributed by atoms with Crippen LogP contribution in [-0.2, 0) is 13.1 Å². The number of benzene rings is 1. The van der Waals surface area contributed by atoms with Gasteiger partial charge in [0.2, 0.25) is 0 Å². The molecule has 0 bridgehead atoms. The molecule has 3 aromatic rings. The Labute approximate surface area is 121 Å². The van der Waals surface area contributed by atoms with E-state index in [4.69, 9.17) is 0 Å². The summed E-state index contributed by atoms with van der Waals surface area (Å²) >= 11 is 0. The van der Waals surface area contributed by atoms with Gasteiger partial charge in [-0.3, -0.25) is 0 Å². The number of hydrogen-bond donors (Lipinski definition) is 3. The second-order valence-electron chi connectivity index (χ2n) is 5.02. The average Bonchev–Trinajstić information content (AvgIpc) is 3.08. The van der Waals surface area contributed by atoms with E-state index in [0.717, 1.165) is 29.0 Å². The Balaban J connectivity index is 1.74. The third kappa shape index (κ3) is 2.73. The van der Waals surface area contributed by atoms with Crippen LogP contribution < -0.4 is 11.0 Å². The number of fused-ring (bicyclic) bond motifs is 1. The number of H-pyrrole nitrogens is 2. The van der Waals surface area contributed by atoms with Crippen LogP contribution in [0.4, 0.5) is 0 Å². The highest BCUT2D eigenvalue weighted by Crippen LogP contribution is 2.17. The molecule has 110 valence electrons. The summed E-state index contributed by atoms with van der Waals surface area (Å²) in [7, 11) is 0. The fourth-order valence-electron chi connectivity index (χ4n) is 2.36. The molecule has 1 atom stereocenters. The van der Waals surface area contributed by atoms with Crippen molar-refractivity contribution in [3.63, 3.8) is 0 Å². The molecule has 3 N–H and O–H groups in total. The first kappa shape index (κ1) is 13.6. The van der Waals surface area contributed by atoms with E-state index in [1.807, 2.05) is 22.8 Å². The number of nitrogens with one attached hydrogen (secondary N) is 3. The van der Waals surface area contributed by atoms with Gasteiger partial charge in [0.15, 0.2) is 0 Å². The van der Waals surface area contributed by atoms with Crippen molar-refractivity contribution in [2.75, 3.05) is 0 Å². The Hall–Kier alpha value is -2.41. The summed E-state index contributed by atoms with van der Waals surface area (Å²) in [6.45, 7) is 5.65. The molecule has 0 radical (unpaired) electrons. The first-order valence-electron chi connectivity index (χ1n) is 6.99. The average molecular weight is 286 g/mol. The maximum atomic E-state index is 11.3. The van der Waals surface area contributed by atoms with Crippen LogP contribution >= 0.6 is 0 Å². The maximum absolute atomic E-state index is 11.3. The third-order valence-corrected chi connectivity index (χ3v) is 3.64. The van der Waals surface area contributed by atoms with Gasteiger partial charge in [0, 0.05) is 12.6 Å². The molecule has 0 aliphatic rings. The van der Waals surface area contributed by atoms with E-state index in [1.165, 1.54) is 0 Å². The van der Waals surface area contributed by atoms with Crippen molar-refractivity contribution in [3.8, 4) is 0 Å². The van der Waals surface area contributed by atoms with Crippen LogP contribution in [0.15, 0.2) is 29.3 Å². The summed E-state index contributed by atoms with van der Waals surface area (Å²) in [5.41, 5.74) is 2.57. The van der Waals surface area contributed by atoms with Gasteiger partial charge in [-0.1, -0.05) is 6.07 Å². The van der Waals surface area contributed by atoms with Crippen molar-refractivity contribution in [1.82, 2.24) is 30.0 Å². The van der Waals surface area contributed by atoms with E-state index in [-0.39, 0.29) is 11.7 Å². The highest BCUT2D eigenvalue weighted by atomic mass is 16.1. The lowest BCUT2D eigenvalue weighted by atomic mass is 10.1. The van der Waals surface area contributed by atoms with Crippen LogP contribution in [0.1, 0.15) is 31.3 Å².